The highest BCUT2D eigenvalue weighted by atomic mass is 32.1. The topological polar surface area (TPSA) is 102 Å². The van der Waals surface area contributed by atoms with Gasteiger partial charge < -0.3 is 4.98 Å². The minimum Gasteiger partial charge on any atom is -0.337 e. The number of nitro benzene ring substituents is 2. The van der Waals surface area contributed by atoms with E-state index in [1.54, 1.807) is 11.3 Å². The van der Waals surface area contributed by atoms with Crippen LogP contribution in [0.15, 0.2) is 48.5 Å². The van der Waals surface area contributed by atoms with E-state index in [0.29, 0.717) is 0 Å². The van der Waals surface area contributed by atoms with Gasteiger partial charge in [0.15, 0.2) is 3.95 Å². The molecule has 1 N–H and O–H groups in total. The second-order valence-electron chi connectivity index (χ2n) is 4.04. The number of aromatic amines is 1. The summed E-state index contributed by atoms with van der Waals surface area (Å²) in [6.45, 7) is 0. The Morgan fingerprint density at radius 2 is 1.41 bits per heavy atom. The van der Waals surface area contributed by atoms with E-state index < -0.39 is 9.85 Å². The normalized spacial score (nSPS) is 9.82. The fourth-order valence-electron chi connectivity index (χ4n) is 1.59. The molecule has 0 saturated carbocycles. The van der Waals surface area contributed by atoms with E-state index in [-0.39, 0.29) is 11.4 Å². The van der Waals surface area contributed by atoms with Crippen molar-refractivity contribution in [3.8, 4) is 0 Å². The summed E-state index contributed by atoms with van der Waals surface area (Å²) in [6.07, 6.45) is 0. The zero-order valence-electron chi connectivity index (χ0n) is 11.0. The molecule has 0 radical (unpaired) electrons. The smallest absolute Gasteiger partial charge is 0.269 e. The van der Waals surface area contributed by atoms with Crippen LogP contribution < -0.4 is 0 Å². The van der Waals surface area contributed by atoms with Crippen LogP contribution in [0.25, 0.3) is 10.2 Å². The van der Waals surface area contributed by atoms with Crippen molar-refractivity contribution in [2.24, 2.45) is 0 Å². The fourth-order valence-corrected chi connectivity index (χ4v) is 2.71. The number of nitrogens with zero attached hydrogens (tertiary/aromatic N) is 2. The maximum absolute atomic E-state index is 10.1. The number of aromatic nitrogens is 1. The fraction of sp³-hybridized carbons (Fsp3) is 0. The molecular weight excluding hydrogens is 326 g/mol. The summed E-state index contributed by atoms with van der Waals surface area (Å²) < 4.78 is 2.08. The van der Waals surface area contributed by atoms with Crippen molar-refractivity contribution in [2.75, 3.05) is 0 Å². The lowest BCUT2D eigenvalue weighted by Gasteiger charge is -1.90. The van der Waals surface area contributed by atoms with Crippen LogP contribution in [-0.2, 0) is 0 Å². The van der Waals surface area contributed by atoms with Crippen LogP contribution >= 0.6 is 23.6 Å². The molecule has 0 spiro atoms. The van der Waals surface area contributed by atoms with E-state index in [4.69, 9.17) is 12.2 Å². The van der Waals surface area contributed by atoms with Crippen LogP contribution in [0.5, 0.6) is 0 Å². The molecule has 0 atom stereocenters. The highest BCUT2D eigenvalue weighted by Crippen LogP contribution is 2.18. The molecule has 0 unspecified atom stereocenters. The second kappa shape index (κ2) is 6.87. The number of hydrogen-bond acceptors (Lipinski definition) is 6. The summed E-state index contributed by atoms with van der Waals surface area (Å²) >= 11 is 6.59. The monoisotopic (exact) mass is 335 g/mol. The predicted molar refractivity (Wildman–Crippen MR) is 86.8 cm³/mol. The van der Waals surface area contributed by atoms with Crippen LogP contribution in [0, 0.1) is 24.2 Å². The highest BCUT2D eigenvalue weighted by Gasteiger charge is 2.08. The van der Waals surface area contributed by atoms with E-state index in [0.717, 1.165) is 33.7 Å². The van der Waals surface area contributed by atoms with Crippen molar-refractivity contribution < 1.29 is 9.85 Å². The first kappa shape index (κ1) is 15.7. The van der Waals surface area contributed by atoms with Crippen molar-refractivity contribution in [3.05, 3.63) is 72.7 Å². The SMILES string of the molecule is O=[N+]([O-])c1ccc([N+](=O)[O-])cc1.S=c1[nH]c2ccccc2s1. The van der Waals surface area contributed by atoms with Gasteiger partial charge in [-0.3, -0.25) is 20.2 Å². The molecule has 0 aliphatic carbocycles. The lowest BCUT2D eigenvalue weighted by atomic mass is 10.3. The number of thiazole rings is 1. The Kier molecular flexibility index (Phi) is 4.92. The molecule has 0 bridgehead atoms. The van der Waals surface area contributed by atoms with Gasteiger partial charge in [-0.1, -0.05) is 12.1 Å². The standard InChI is InChI=1S/C7H5NS2.C6H4N2O4/c9-7-8-5-3-1-2-4-6(5)10-7;9-7(10)5-1-2-6(4-3-5)8(11)12/h1-4H,(H,8,9);1-4H. The molecule has 0 amide bonds. The summed E-state index contributed by atoms with van der Waals surface area (Å²) in [6, 6.07) is 12.5. The molecule has 9 heteroatoms. The Labute approximate surface area is 133 Å². The number of nitro groups is 2. The van der Waals surface area contributed by atoms with Crippen molar-refractivity contribution in [1.29, 1.82) is 0 Å². The predicted octanol–water partition coefficient (Wildman–Crippen LogP) is 4.46. The number of rotatable bonds is 2. The zero-order chi connectivity index (χ0) is 16.1. The van der Waals surface area contributed by atoms with E-state index >= 15 is 0 Å². The first-order valence-corrected chi connectivity index (χ1v) is 7.16. The van der Waals surface area contributed by atoms with Crippen molar-refractivity contribution in [2.45, 2.75) is 0 Å². The van der Waals surface area contributed by atoms with Gasteiger partial charge in [0.1, 0.15) is 0 Å². The Balaban J connectivity index is 0.000000162. The van der Waals surface area contributed by atoms with Crippen molar-refractivity contribution in [1.82, 2.24) is 4.98 Å². The number of benzene rings is 2. The Morgan fingerprint density at radius 1 is 0.909 bits per heavy atom. The molecule has 0 aliphatic heterocycles. The summed E-state index contributed by atoms with van der Waals surface area (Å²) in [5, 5.41) is 20.2. The molecule has 22 heavy (non-hydrogen) atoms. The number of nitrogens with one attached hydrogen (secondary N) is 1. The van der Waals surface area contributed by atoms with Gasteiger partial charge in [-0.15, -0.1) is 11.3 Å². The van der Waals surface area contributed by atoms with Crippen LogP contribution in [-0.4, -0.2) is 14.8 Å². The van der Waals surface area contributed by atoms with E-state index in [2.05, 4.69) is 11.1 Å². The number of H-pyrrole nitrogens is 1. The third kappa shape index (κ3) is 3.93. The summed E-state index contributed by atoms with van der Waals surface area (Å²) in [5.41, 5.74) is 0.832. The molecule has 3 rings (SSSR count). The Hall–Kier alpha value is -2.65. The molecule has 2 aromatic carbocycles. The van der Waals surface area contributed by atoms with Crippen LogP contribution in [0.1, 0.15) is 0 Å². The highest BCUT2D eigenvalue weighted by molar-refractivity contribution is 7.73. The average molecular weight is 335 g/mol. The summed E-state index contributed by atoms with van der Waals surface area (Å²) in [5.74, 6) is 0. The van der Waals surface area contributed by atoms with E-state index in [1.165, 1.54) is 4.70 Å². The third-order valence-corrected chi connectivity index (χ3v) is 3.81. The number of para-hydroxylation sites is 1. The average Bonchev–Trinajstić information content (AvgIpc) is 2.88. The first-order chi connectivity index (χ1) is 10.5. The quantitative estimate of drug-likeness (QED) is 0.423. The van der Waals surface area contributed by atoms with Gasteiger partial charge in [0, 0.05) is 24.3 Å². The molecule has 0 aliphatic rings. The maximum atomic E-state index is 10.1. The van der Waals surface area contributed by atoms with Gasteiger partial charge in [0.05, 0.1) is 20.1 Å². The molecule has 3 aromatic rings. The van der Waals surface area contributed by atoms with E-state index in [1.807, 2.05) is 18.2 Å². The minimum absolute atomic E-state index is 0.152. The lowest BCUT2D eigenvalue weighted by molar-refractivity contribution is -0.389. The van der Waals surface area contributed by atoms with Crippen LogP contribution in [0.2, 0.25) is 0 Å². The first-order valence-electron chi connectivity index (χ1n) is 5.94. The van der Waals surface area contributed by atoms with Gasteiger partial charge >= 0.3 is 0 Å². The molecule has 1 heterocycles. The number of hydrogen-bond donors (Lipinski definition) is 1. The maximum Gasteiger partial charge on any atom is 0.269 e. The second-order valence-corrected chi connectivity index (χ2v) is 5.76. The van der Waals surface area contributed by atoms with Crippen molar-refractivity contribution in [3.63, 3.8) is 0 Å². The molecule has 112 valence electrons. The van der Waals surface area contributed by atoms with Crippen molar-refractivity contribution >= 4 is 45.1 Å². The summed E-state index contributed by atoms with van der Waals surface area (Å²) in [4.78, 5) is 22.1. The summed E-state index contributed by atoms with van der Waals surface area (Å²) in [7, 11) is 0. The molecule has 0 saturated heterocycles. The molecule has 0 fully saturated rings. The number of fused-ring (bicyclic) bond motifs is 1. The largest absolute Gasteiger partial charge is 0.337 e. The molecule has 7 nitrogen and oxygen atoms in total. The van der Waals surface area contributed by atoms with Gasteiger partial charge in [0.25, 0.3) is 11.4 Å². The molecule has 1 aromatic heterocycles. The Bertz CT molecular complexity index is 802. The van der Waals surface area contributed by atoms with E-state index in [9.17, 15) is 20.2 Å². The van der Waals surface area contributed by atoms with Gasteiger partial charge in [-0.05, 0) is 24.4 Å². The Morgan fingerprint density at radius 3 is 1.86 bits per heavy atom. The van der Waals surface area contributed by atoms with Crippen LogP contribution in [0.3, 0.4) is 0 Å². The zero-order valence-corrected chi connectivity index (χ0v) is 12.6. The van der Waals surface area contributed by atoms with Gasteiger partial charge in [-0.2, -0.15) is 0 Å². The van der Waals surface area contributed by atoms with Crippen LogP contribution in [0.4, 0.5) is 11.4 Å². The third-order valence-electron chi connectivity index (χ3n) is 2.60. The minimum atomic E-state index is -0.607. The molecular formula is C13H9N3O4S2. The lowest BCUT2D eigenvalue weighted by Crippen LogP contribution is -1.90. The van der Waals surface area contributed by atoms with Gasteiger partial charge in [0.2, 0.25) is 0 Å². The van der Waals surface area contributed by atoms with Gasteiger partial charge in [-0.25, -0.2) is 0 Å². The number of non-ortho nitro benzene ring substituents is 2.